The number of hydrogen-bond acceptors (Lipinski definition) is 6. The average Bonchev–Trinajstić information content (AvgIpc) is 3.05. The Kier molecular flexibility index (Phi) is 3.72. The van der Waals surface area contributed by atoms with Gasteiger partial charge in [-0.3, -0.25) is 10.1 Å². The maximum atomic E-state index is 12.2. The van der Waals surface area contributed by atoms with Crippen LogP contribution >= 0.6 is 11.3 Å². The molecular formula is C15H14N4O2S. The van der Waals surface area contributed by atoms with Gasteiger partial charge in [-0.05, 0) is 32.4 Å². The molecule has 3 rings (SSSR count). The number of amides is 1. The minimum Gasteiger partial charge on any atom is -0.401 e. The van der Waals surface area contributed by atoms with E-state index in [4.69, 9.17) is 4.42 Å². The molecule has 6 nitrogen and oxygen atoms in total. The SMILES string of the molecule is Cc1nc(-c2nnc(NC(=O)c3ccccc3C)o2)c(C)s1. The molecule has 0 aliphatic rings. The summed E-state index contributed by atoms with van der Waals surface area (Å²) in [4.78, 5) is 17.6. The van der Waals surface area contributed by atoms with Crippen LogP contribution in [0, 0.1) is 20.8 Å². The number of hydrogen-bond donors (Lipinski definition) is 1. The second-order valence-corrected chi connectivity index (χ2v) is 6.23. The molecule has 0 saturated carbocycles. The van der Waals surface area contributed by atoms with Crippen LogP contribution in [-0.4, -0.2) is 21.1 Å². The zero-order valence-electron chi connectivity index (χ0n) is 12.4. The van der Waals surface area contributed by atoms with Crippen molar-refractivity contribution in [1.29, 1.82) is 0 Å². The Morgan fingerprint density at radius 2 is 1.95 bits per heavy atom. The van der Waals surface area contributed by atoms with E-state index in [9.17, 15) is 4.79 Å². The molecule has 0 saturated heterocycles. The van der Waals surface area contributed by atoms with Crippen molar-refractivity contribution in [3.63, 3.8) is 0 Å². The Bertz CT molecular complexity index is 838. The predicted molar refractivity (Wildman–Crippen MR) is 84.0 cm³/mol. The fourth-order valence-electron chi connectivity index (χ4n) is 2.09. The second-order valence-electron chi connectivity index (χ2n) is 4.82. The van der Waals surface area contributed by atoms with Crippen LogP contribution in [0.25, 0.3) is 11.6 Å². The average molecular weight is 314 g/mol. The zero-order chi connectivity index (χ0) is 15.7. The summed E-state index contributed by atoms with van der Waals surface area (Å²) in [7, 11) is 0. The Labute approximate surface area is 131 Å². The summed E-state index contributed by atoms with van der Waals surface area (Å²) in [6.07, 6.45) is 0. The van der Waals surface area contributed by atoms with Crippen LogP contribution < -0.4 is 5.32 Å². The van der Waals surface area contributed by atoms with Gasteiger partial charge in [-0.2, -0.15) is 0 Å². The highest BCUT2D eigenvalue weighted by Gasteiger charge is 2.17. The van der Waals surface area contributed by atoms with Crippen molar-refractivity contribution in [3.8, 4) is 11.6 Å². The molecule has 1 aromatic carbocycles. The van der Waals surface area contributed by atoms with Gasteiger partial charge >= 0.3 is 6.01 Å². The van der Waals surface area contributed by atoms with Gasteiger partial charge in [0.1, 0.15) is 5.69 Å². The summed E-state index contributed by atoms with van der Waals surface area (Å²) < 4.78 is 5.49. The van der Waals surface area contributed by atoms with Crippen molar-refractivity contribution in [2.24, 2.45) is 0 Å². The van der Waals surface area contributed by atoms with Gasteiger partial charge in [-0.1, -0.05) is 23.3 Å². The molecule has 7 heteroatoms. The van der Waals surface area contributed by atoms with E-state index in [1.807, 2.05) is 39.0 Å². The molecule has 0 unspecified atom stereocenters. The molecule has 2 heterocycles. The number of nitrogens with zero attached hydrogens (tertiary/aromatic N) is 3. The lowest BCUT2D eigenvalue weighted by molar-refractivity contribution is 0.102. The molecule has 1 amide bonds. The summed E-state index contributed by atoms with van der Waals surface area (Å²) in [5.74, 6) is 0.0291. The van der Waals surface area contributed by atoms with Gasteiger partial charge in [-0.15, -0.1) is 16.4 Å². The lowest BCUT2D eigenvalue weighted by Gasteiger charge is -2.03. The van der Waals surface area contributed by atoms with Gasteiger partial charge in [0.15, 0.2) is 0 Å². The Balaban J connectivity index is 1.82. The third kappa shape index (κ3) is 2.75. The maximum absolute atomic E-state index is 12.2. The second kappa shape index (κ2) is 5.69. The summed E-state index contributed by atoms with van der Waals surface area (Å²) in [6, 6.07) is 7.37. The quantitative estimate of drug-likeness (QED) is 0.801. The molecule has 1 N–H and O–H groups in total. The van der Waals surface area contributed by atoms with E-state index < -0.39 is 0 Å². The molecule has 0 aliphatic carbocycles. The van der Waals surface area contributed by atoms with Crippen molar-refractivity contribution in [1.82, 2.24) is 15.2 Å². The Hall–Kier alpha value is -2.54. The van der Waals surface area contributed by atoms with Crippen molar-refractivity contribution in [3.05, 3.63) is 45.3 Å². The highest BCUT2D eigenvalue weighted by Crippen LogP contribution is 2.27. The molecule has 0 atom stereocenters. The Morgan fingerprint density at radius 3 is 2.64 bits per heavy atom. The molecule has 0 fully saturated rings. The van der Waals surface area contributed by atoms with Gasteiger partial charge in [-0.25, -0.2) is 4.98 Å². The van der Waals surface area contributed by atoms with E-state index in [1.54, 1.807) is 17.4 Å². The van der Waals surface area contributed by atoms with Crippen molar-refractivity contribution >= 4 is 23.3 Å². The molecule has 0 spiro atoms. The monoisotopic (exact) mass is 314 g/mol. The summed E-state index contributed by atoms with van der Waals surface area (Å²) in [5, 5.41) is 11.3. The van der Waals surface area contributed by atoms with Crippen molar-refractivity contribution < 1.29 is 9.21 Å². The van der Waals surface area contributed by atoms with Crippen LogP contribution in [0.4, 0.5) is 6.01 Å². The van der Waals surface area contributed by atoms with Gasteiger partial charge in [0.05, 0.1) is 5.01 Å². The highest BCUT2D eigenvalue weighted by atomic mass is 32.1. The van der Waals surface area contributed by atoms with E-state index >= 15 is 0 Å². The fourth-order valence-corrected chi connectivity index (χ4v) is 2.90. The van der Waals surface area contributed by atoms with E-state index in [0.29, 0.717) is 17.1 Å². The molecule has 0 radical (unpaired) electrons. The largest absolute Gasteiger partial charge is 0.401 e. The highest BCUT2D eigenvalue weighted by molar-refractivity contribution is 7.11. The fraction of sp³-hybridized carbons (Fsp3) is 0.200. The number of benzene rings is 1. The minimum atomic E-state index is -0.278. The first kappa shape index (κ1) is 14.4. The first-order chi connectivity index (χ1) is 10.5. The number of carbonyl (C=O) groups excluding carboxylic acids is 1. The van der Waals surface area contributed by atoms with Gasteiger partial charge in [0.2, 0.25) is 0 Å². The normalized spacial score (nSPS) is 10.7. The van der Waals surface area contributed by atoms with Gasteiger partial charge in [0, 0.05) is 10.4 Å². The van der Waals surface area contributed by atoms with Crippen LogP contribution in [-0.2, 0) is 0 Å². The summed E-state index contributed by atoms with van der Waals surface area (Å²) in [6.45, 7) is 5.73. The molecule has 112 valence electrons. The van der Waals surface area contributed by atoms with Crippen LogP contribution in [0.5, 0.6) is 0 Å². The van der Waals surface area contributed by atoms with E-state index in [2.05, 4.69) is 20.5 Å². The Morgan fingerprint density at radius 1 is 1.18 bits per heavy atom. The summed E-state index contributed by atoms with van der Waals surface area (Å²) >= 11 is 1.56. The zero-order valence-corrected chi connectivity index (χ0v) is 13.2. The van der Waals surface area contributed by atoms with Crippen LogP contribution in [0.3, 0.4) is 0 Å². The first-order valence-electron chi connectivity index (χ1n) is 6.69. The van der Waals surface area contributed by atoms with Crippen LogP contribution in [0.15, 0.2) is 28.7 Å². The molecule has 3 aromatic rings. The number of aromatic nitrogens is 3. The maximum Gasteiger partial charge on any atom is 0.322 e. The smallest absolute Gasteiger partial charge is 0.322 e. The third-order valence-corrected chi connectivity index (χ3v) is 4.03. The number of rotatable bonds is 3. The predicted octanol–water partition coefficient (Wildman–Crippen LogP) is 3.37. The van der Waals surface area contributed by atoms with Crippen LogP contribution in [0.1, 0.15) is 25.8 Å². The standard InChI is InChI=1S/C15H14N4O2S/c1-8-6-4-5-7-11(8)13(20)17-15-19-18-14(21-15)12-9(2)22-10(3)16-12/h4-7H,1-3H3,(H,17,19,20). The van der Waals surface area contributed by atoms with Gasteiger partial charge < -0.3 is 4.42 Å². The van der Waals surface area contributed by atoms with Gasteiger partial charge in [0.25, 0.3) is 11.8 Å². The number of thiazole rings is 1. The van der Waals surface area contributed by atoms with E-state index in [1.165, 1.54) is 0 Å². The lowest BCUT2D eigenvalue weighted by Crippen LogP contribution is -2.13. The first-order valence-corrected chi connectivity index (χ1v) is 7.51. The number of aryl methyl sites for hydroxylation is 3. The third-order valence-electron chi connectivity index (χ3n) is 3.14. The van der Waals surface area contributed by atoms with Crippen LogP contribution in [0.2, 0.25) is 0 Å². The number of nitrogens with one attached hydrogen (secondary N) is 1. The van der Waals surface area contributed by atoms with Crippen molar-refractivity contribution in [2.75, 3.05) is 5.32 Å². The topological polar surface area (TPSA) is 80.9 Å². The number of anilines is 1. The lowest BCUT2D eigenvalue weighted by atomic mass is 10.1. The molecule has 0 aliphatic heterocycles. The molecule has 2 aromatic heterocycles. The molecule has 0 bridgehead atoms. The molecular weight excluding hydrogens is 300 g/mol. The molecule has 22 heavy (non-hydrogen) atoms. The summed E-state index contributed by atoms with van der Waals surface area (Å²) in [5.41, 5.74) is 2.11. The van der Waals surface area contributed by atoms with E-state index in [0.717, 1.165) is 15.4 Å². The minimum absolute atomic E-state index is 0.0632. The number of carbonyl (C=O) groups is 1. The van der Waals surface area contributed by atoms with Crippen molar-refractivity contribution in [2.45, 2.75) is 20.8 Å². The van der Waals surface area contributed by atoms with E-state index in [-0.39, 0.29) is 11.9 Å².